The maximum atomic E-state index is 3.46. The largest absolute Gasteiger partial charge is 0.361 e. The smallest absolute Gasteiger partial charge is 0.109 e. The highest BCUT2D eigenvalue weighted by molar-refractivity contribution is 6.98. The number of hydrogen-bond donors (Lipinski definition) is 1. The molecule has 1 N–H and O–H groups in total. The molecule has 0 unspecified atom stereocenters. The summed E-state index contributed by atoms with van der Waals surface area (Å²) in [6, 6.07) is 18.0. The number of hydrogen-bond acceptors (Lipinski definition) is 0. The molecule has 5 rings (SSSR count). The lowest BCUT2D eigenvalue weighted by molar-refractivity contribution is 1.26. The van der Waals surface area contributed by atoms with Crippen molar-refractivity contribution in [3.8, 4) is 0 Å². The van der Waals surface area contributed by atoms with Gasteiger partial charge in [0.15, 0.2) is 0 Å². The molecule has 27 heavy (non-hydrogen) atoms. The van der Waals surface area contributed by atoms with E-state index in [0.29, 0.717) is 0 Å². The van der Waals surface area contributed by atoms with Gasteiger partial charge in [-0.05, 0) is 65.1 Å². The number of H-pyrrole nitrogens is 1. The van der Waals surface area contributed by atoms with Gasteiger partial charge < -0.3 is 4.98 Å². The Morgan fingerprint density at radius 2 is 1.70 bits per heavy atom. The molecule has 1 aliphatic carbocycles. The minimum atomic E-state index is -1.76. The van der Waals surface area contributed by atoms with Gasteiger partial charge in [-0.3, -0.25) is 0 Å². The van der Waals surface area contributed by atoms with Crippen LogP contribution in [0.1, 0.15) is 22.3 Å². The Morgan fingerprint density at radius 1 is 0.889 bits per heavy atom. The minimum absolute atomic E-state index is 1.11. The number of benzene rings is 2. The number of allylic oxidation sites excluding steroid dienone is 1. The number of aromatic amines is 1. The molecule has 4 aromatic rings. The van der Waals surface area contributed by atoms with Crippen LogP contribution < -0.4 is 5.19 Å². The first-order valence-electron chi connectivity index (χ1n) is 9.76. The summed E-state index contributed by atoms with van der Waals surface area (Å²) in [5.41, 5.74) is 6.98. The first-order valence-corrected chi connectivity index (χ1v) is 12.8. The molecule has 0 aliphatic heterocycles. The first-order chi connectivity index (χ1) is 13.0. The monoisotopic (exact) mass is 367 g/mol. The highest BCUT2D eigenvalue weighted by Gasteiger charge is 2.34. The number of nitrogens with one attached hydrogen (secondary N) is 1. The zero-order valence-electron chi connectivity index (χ0n) is 16.5. The lowest BCUT2D eigenvalue weighted by atomic mass is 10.0. The summed E-state index contributed by atoms with van der Waals surface area (Å²) in [6.45, 7) is 9.63. The van der Waals surface area contributed by atoms with E-state index in [1.54, 1.807) is 10.4 Å². The van der Waals surface area contributed by atoms with Gasteiger partial charge in [-0.2, -0.15) is 0 Å². The van der Waals surface area contributed by atoms with E-state index in [4.69, 9.17) is 0 Å². The van der Waals surface area contributed by atoms with E-state index in [-0.39, 0.29) is 0 Å². The Kier molecular flexibility index (Phi) is 3.50. The van der Waals surface area contributed by atoms with E-state index in [2.05, 4.69) is 86.5 Å². The fourth-order valence-electron chi connectivity index (χ4n) is 5.03. The molecule has 0 fully saturated rings. The second-order valence-corrected chi connectivity index (χ2v) is 12.9. The molecule has 134 valence electrons. The second-order valence-electron chi connectivity index (χ2n) is 8.47. The number of rotatable bonds is 2. The van der Waals surface area contributed by atoms with Gasteiger partial charge in [0.2, 0.25) is 0 Å². The van der Waals surface area contributed by atoms with E-state index in [0.717, 1.165) is 6.42 Å². The molecule has 0 amide bonds. The topological polar surface area (TPSA) is 15.8 Å². The van der Waals surface area contributed by atoms with Crippen molar-refractivity contribution < 1.29 is 0 Å². The van der Waals surface area contributed by atoms with Gasteiger partial charge >= 0.3 is 0 Å². The van der Waals surface area contributed by atoms with Crippen LogP contribution >= 0.6 is 0 Å². The number of fused-ring (bicyclic) bond motifs is 3. The maximum absolute atomic E-state index is 3.46. The molecule has 0 saturated heterocycles. The zero-order chi connectivity index (χ0) is 18.8. The van der Waals surface area contributed by atoms with Crippen molar-refractivity contribution in [3.05, 3.63) is 82.2 Å². The fraction of sp³-hybridized carbons (Fsp3) is 0.200. The molecule has 1 aliphatic rings. The highest BCUT2D eigenvalue weighted by atomic mass is 28.3. The van der Waals surface area contributed by atoms with E-state index in [1.165, 1.54) is 43.9 Å². The Bertz CT molecular complexity index is 1240. The fourth-order valence-corrected chi connectivity index (χ4v) is 8.44. The quantitative estimate of drug-likeness (QED) is 0.416. The Morgan fingerprint density at radius 3 is 2.52 bits per heavy atom. The predicted octanol–water partition coefficient (Wildman–Crippen LogP) is 6.03. The average molecular weight is 368 g/mol. The van der Waals surface area contributed by atoms with Gasteiger partial charge in [-0.15, -0.1) is 0 Å². The maximum Gasteiger partial charge on any atom is 0.109 e. The molecule has 0 atom stereocenters. The number of aromatic nitrogens is 1. The van der Waals surface area contributed by atoms with Crippen molar-refractivity contribution in [3.63, 3.8) is 0 Å². The van der Waals surface area contributed by atoms with E-state index >= 15 is 0 Å². The summed E-state index contributed by atoms with van der Waals surface area (Å²) in [5.74, 6) is 0. The Hall–Kier alpha value is -2.58. The van der Waals surface area contributed by atoms with Gasteiger partial charge in [0.05, 0.1) is 0 Å². The van der Waals surface area contributed by atoms with E-state index < -0.39 is 8.07 Å². The lowest BCUT2D eigenvalue weighted by Gasteiger charge is -2.26. The third kappa shape index (κ3) is 2.36. The van der Waals surface area contributed by atoms with Crippen molar-refractivity contribution in [2.45, 2.75) is 33.4 Å². The molecule has 0 bridgehead atoms. The summed E-state index contributed by atoms with van der Waals surface area (Å²) < 4.78 is 0. The average Bonchev–Trinajstić information content (AvgIpc) is 3.23. The normalized spacial score (nSPS) is 14.0. The van der Waals surface area contributed by atoms with Crippen LogP contribution in [0.15, 0.2) is 59.9 Å². The van der Waals surface area contributed by atoms with Gasteiger partial charge in [0.1, 0.15) is 8.07 Å². The third-order valence-electron chi connectivity index (χ3n) is 6.49. The number of pyridine rings is 1. The van der Waals surface area contributed by atoms with Crippen LogP contribution in [0.25, 0.3) is 27.8 Å². The molecular weight excluding hydrogens is 342 g/mol. The van der Waals surface area contributed by atoms with Crippen LogP contribution in [0, 0.1) is 13.8 Å². The summed E-state index contributed by atoms with van der Waals surface area (Å²) in [6.07, 6.45) is 5.61. The zero-order valence-corrected chi connectivity index (χ0v) is 17.5. The summed E-state index contributed by atoms with van der Waals surface area (Å²) in [7, 11) is -1.76. The van der Waals surface area contributed by atoms with Gasteiger partial charge in [0.25, 0.3) is 0 Å². The van der Waals surface area contributed by atoms with Gasteiger partial charge in [-0.25, -0.2) is 0 Å². The summed E-state index contributed by atoms with van der Waals surface area (Å²) >= 11 is 0. The van der Waals surface area contributed by atoms with Crippen molar-refractivity contribution in [1.29, 1.82) is 0 Å². The number of aryl methyl sites for hydroxylation is 2. The van der Waals surface area contributed by atoms with Gasteiger partial charge in [-0.1, -0.05) is 66.3 Å². The molecular formula is C25H25NSi. The van der Waals surface area contributed by atoms with Crippen molar-refractivity contribution in [2.24, 2.45) is 0 Å². The minimum Gasteiger partial charge on any atom is -0.361 e. The first kappa shape index (κ1) is 16.6. The van der Waals surface area contributed by atoms with Crippen LogP contribution in [-0.2, 0) is 6.42 Å². The predicted molar refractivity (Wildman–Crippen MR) is 121 cm³/mol. The molecule has 2 heteroatoms. The van der Waals surface area contributed by atoms with Gasteiger partial charge in [0, 0.05) is 17.1 Å². The molecule has 1 aromatic heterocycles. The molecule has 0 saturated carbocycles. The molecule has 1 heterocycles. The molecule has 0 spiro atoms. The molecule has 0 radical (unpaired) electrons. The van der Waals surface area contributed by atoms with Crippen molar-refractivity contribution in [2.75, 3.05) is 0 Å². The summed E-state index contributed by atoms with van der Waals surface area (Å²) in [4.78, 5) is 3.46. The van der Waals surface area contributed by atoms with Crippen LogP contribution in [-0.4, -0.2) is 13.1 Å². The summed E-state index contributed by atoms with van der Waals surface area (Å²) in [5, 5.41) is 7.46. The van der Waals surface area contributed by atoms with Crippen LogP contribution in [0.3, 0.4) is 0 Å². The van der Waals surface area contributed by atoms with Crippen LogP contribution in [0.4, 0.5) is 0 Å². The van der Waals surface area contributed by atoms with E-state index in [9.17, 15) is 0 Å². The molecule has 3 aromatic carbocycles. The second kappa shape index (κ2) is 5.70. The third-order valence-corrected chi connectivity index (χ3v) is 10.3. The SMILES string of the molecule is Cc1cc2c(C)c3ccc[nH]c3cc2c1[Si](C)(C)C1=Cc2ccccc2C1. The van der Waals surface area contributed by atoms with E-state index in [1.807, 2.05) is 6.20 Å². The Labute approximate surface area is 161 Å². The van der Waals surface area contributed by atoms with Crippen LogP contribution in [0.2, 0.25) is 13.1 Å². The Balaban J connectivity index is 1.74. The van der Waals surface area contributed by atoms with Crippen molar-refractivity contribution in [1.82, 2.24) is 4.98 Å². The standard InChI is InChI=1S/C25H25NSi/c1-16-12-22-17(2)21-10-7-11-26-24(21)15-23(22)25(16)27(3,4)20-13-18-8-5-6-9-19(18)14-20/h5-13,15,26H,14H2,1-4H3. The van der Waals surface area contributed by atoms with Crippen LogP contribution in [0.5, 0.6) is 0 Å². The lowest BCUT2D eigenvalue weighted by Crippen LogP contribution is -2.44. The van der Waals surface area contributed by atoms with Crippen molar-refractivity contribution >= 4 is 41.0 Å². The highest BCUT2D eigenvalue weighted by Crippen LogP contribution is 2.35. The molecule has 1 nitrogen and oxygen atoms in total.